The molecule has 1 N–H and O–H groups in total. The maximum absolute atomic E-state index is 12.0. The summed E-state index contributed by atoms with van der Waals surface area (Å²) in [5.41, 5.74) is 0. The van der Waals surface area contributed by atoms with Crippen LogP contribution in [-0.2, 0) is 23.9 Å². The molecule has 0 fully saturated rings. The minimum Gasteiger partial charge on any atom is -0.462 e. The summed E-state index contributed by atoms with van der Waals surface area (Å²) in [6, 6.07) is 0. The Balaban J connectivity index is 3.70. The van der Waals surface area contributed by atoms with Gasteiger partial charge in [0, 0.05) is 19.3 Å². The molecule has 0 rings (SSSR count). The molecule has 0 heterocycles. The second kappa shape index (κ2) is 27.1. The third-order valence-electron chi connectivity index (χ3n) is 6.22. The van der Waals surface area contributed by atoms with Crippen molar-refractivity contribution in [3.8, 4) is 0 Å². The zero-order valence-corrected chi connectivity index (χ0v) is 23.7. The molecule has 6 nitrogen and oxygen atoms in total. The molecule has 0 aliphatic rings. The molecule has 0 amide bonds. The number of carbonyl (C=O) groups excluding carboxylic acids is 3. The summed E-state index contributed by atoms with van der Waals surface area (Å²) in [4.78, 5) is 35.5. The van der Waals surface area contributed by atoms with Gasteiger partial charge in [0.1, 0.15) is 6.61 Å². The number of unbranched alkanes of at least 4 members (excludes halogenated alkanes) is 13. The number of hydrogen-bond donors (Lipinski definition) is 1. The van der Waals surface area contributed by atoms with Crippen LogP contribution in [0, 0.1) is 0 Å². The van der Waals surface area contributed by atoms with Crippen LogP contribution in [0.1, 0.15) is 136 Å². The summed E-state index contributed by atoms with van der Waals surface area (Å²) >= 11 is 0. The lowest BCUT2D eigenvalue weighted by molar-refractivity contribution is -0.161. The highest BCUT2D eigenvalue weighted by Gasteiger charge is 2.16. The van der Waals surface area contributed by atoms with Crippen molar-refractivity contribution in [2.75, 3.05) is 13.2 Å². The Morgan fingerprint density at radius 2 is 1.22 bits per heavy atom. The predicted molar refractivity (Wildman–Crippen MR) is 150 cm³/mol. The number of rotatable bonds is 26. The van der Waals surface area contributed by atoms with Crippen LogP contribution in [0.3, 0.4) is 0 Å². The van der Waals surface area contributed by atoms with Crippen LogP contribution < -0.4 is 0 Å². The third-order valence-corrected chi connectivity index (χ3v) is 6.22. The standard InChI is InChI=1S/C31H54O6/c1-3-5-7-8-12-16-20-24-30(34)36-27-29(26-32)37-31(35)25-21-17-14-11-9-10-13-15-19-23-28(33)22-18-6-4-2/h13,15,19,23,29,32H,3-12,14,16-18,20-22,24-27H2,1-2H3/b15-13-,23-19+/t29-/m0/s1. The molecule has 0 radical (unpaired) electrons. The Labute approximate surface area is 226 Å². The van der Waals surface area contributed by atoms with Gasteiger partial charge in [-0.3, -0.25) is 14.4 Å². The molecule has 1 atom stereocenters. The van der Waals surface area contributed by atoms with Gasteiger partial charge >= 0.3 is 11.9 Å². The second-order valence-electron chi connectivity index (χ2n) is 9.87. The van der Waals surface area contributed by atoms with Crippen LogP contribution in [0.15, 0.2) is 24.3 Å². The van der Waals surface area contributed by atoms with E-state index in [0.717, 1.165) is 77.0 Å². The average molecular weight is 523 g/mol. The summed E-state index contributed by atoms with van der Waals surface area (Å²) in [7, 11) is 0. The average Bonchev–Trinajstić information content (AvgIpc) is 2.89. The molecule has 0 spiro atoms. The molecule has 0 aromatic rings. The van der Waals surface area contributed by atoms with E-state index in [0.29, 0.717) is 19.3 Å². The molecule has 0 aliphatic carbocycles. The Hall–Kier alpha value is -1.95. The lowest BCUT2D eigenvalue weighted by Crippen LogP contribution is -2.28. The van der Waals surface area contributed by atoms with Crippen LogP contribution in [0.5, 0.6) is 0 Å². The van der Waals surface area contributed by atoms with Crippen molar-refractivity contribution in [1.29, 1.82) is 0 Å². The van der Waals surface area contributed by atoms with Gasteiger partial charge in [0.2, 0.25) is 0 Å². The number of allylic oxidation sites excluding steroid dienone is 4. The first-order valence-electron chi connectivity index (χ1n) is 14.8. The van der Waals surface area contributed by atoms with Gasteiger partial charge in [0.15, 0.2) is 11.9 Å². The van der Waals surface area contributed by atoms with Crippen LogP contribution in [0.25, 0.3) is 0 Å². The molecule has 0 unspecified atom stereocenters. The largest absolute Gasteiger partial charge is 0.462 e. The minimum atomic E-state index is -0.794. The van der Waals surface area contributed by atoms with Crippen molar-refractivity contribution in [3.63, 3.8) is 0 Å². The smallest absolute Gasteiger partial charge is 0.306 e. The Kier molecular flexibility index (Phi) is 25.7. The van der Waals surface area contributed by atoms with Crippen molar-refractivity contribution >= 4 is 17.7 Å². The summed E-state index contributed by atoms with van der Waals surface area (Å²) < 4.78 is 10.4. The third kappa shape index (κ3) is 25.5. The molecule has 0 bridgehead atoms. The van der Waals surface area contributed by atoms with E-state index in [-0.39, 0.29) is 30.9 Å². The molecule has 0 saturated carbocycles. The molecule has 6 heteroatoms. The molecule has 0 saturated heterocycles. The van der Waals surface area contributed by atoms with Crippen molar-refractivity contribution < 1.29 is 29.0 Å². The van der Waals surface area contributed by atoms with E-state index in [1.807, 2.05) is 12.2 Å². The maximum atomic E-state index is 12.0. The van der Waals surface area contributed by atoms with Crippen LogP contribution in [-0.4, -0.2) is 42.1 Å². The molecule has 0 aliphatic heterocycles. The molecule has 214 valence electrons. The SMILES string of the molecule is CCCCCCCCCC(=O)OC[C@H](CO)OC(=O)CCCCCCC/C=C\C=C\C(=O)CCCCC. The van der Waals surface area contributed by atoms with E-state index >= 15 is 0 Å². The molecular formula is C31H54O6. The zero-order valence-electron chi connectivity index (χ0n) is 23.7. The lowest BCUT2D eigenvalue weighted by Gasteiger charge is -2.15. The van der Waals surface area contributed by atoms with Crippen LogP contribution in [0.4, 0.5) is 0 Å². The van der Waals surface area contributed by atoms with Gasteiger partial charge in [-0.2, -0.15) is 0 Å². The number of carbonyl (C=O) groups is 3. The van der Waals surface area contributed by atoms with E-state index in [1.165, 1.54) is 25.7 Å². The van der Waals surface area contributed by atoms with E-state index in [4.69, 9.17) is 9.47 Å². The van der Waals surface area contributed by atoms with E-state index in [1.54, 1.807) is 6.08 Å². The van der Waals surface area contributed by atoms with E-state index in [2.05, 4.69) is 19.9 Å². The van der Waals surface area contributed by atoms with Crippen LogP contribution >= 0.6 is 0 Å². The van der Waals surface area contributed by atoms with Crippen LogP contribution in [0.2, 0.25) is 0 Å². The van der Waals surface area contributed by atoms with Gasteiger partial charge in [0.05, 0.1) is 6.61 Å². The van der Waals surface area contributed by atoms with Gasteiger partial charge in [-0.1, -0.05) is 103 Å². The summed E-state index contributed by atoms with van der Waals surface area (Å²) in [6.45, 7) is 3.88. The monoisotopic (exact) mass is 522 g/mol. The first-order valence-corrected chi connectivity index (χ1v) is 14.8. The van der Waals surface area contributed by atoms with E-state index in [9.17, 15) is 19.5 Å². The molecule has 37 heavy (non-hydrogen) atoms. The summed E-state index contributed by atoms with van der Waals surface area (Å²) in [5.74, 6) is -0.465. The van der Waals surface area contributed by atoms with Gasteiger partial charge in [-0.15, -0.1) is 0 Å². The first kappa shape index (κ1) is 35.0. The van der Waals surface area contributed by atoms with E-state index < -0.39 is 6.10 Å². The highest BCUT2D eigenvalue weighted by atomic mass is 16.6. The lowest BCUT2D eigenvalue weighted by atomic mass is 10.1. The summed E-state index contributed by atoms with van der Waals surface area (Å²) in [5, 5.41) is 9.43. The van der Waals surface area contributed by atoms with Crippen molar-refractivity contribution in [3.05, 3.63) is 24.3 Å². The minimum absolute atomic E-state index is 0.0900. The van der Waals surface area contributed by atoms with Gasteiger partial charge < -0.3 is 14.6 Å². The van der Waals surface area contributed by atoms with Crippen molar-refractivity contribution in [1.82, 2.24) is 0 Å². The van der Waals surface area contributed by atoms with Crippen molar-refractivity contribution in [2.24, 2.45) is 0 Å². The number of aliphatic hydroxyl groups is 1. The number of ether oxygens (including phenoxy) is 2. The summed E-state index contributed by atoms with van der Waals surface area (Å²) in [6.07, 6.45) is 25.1. The highest BCUT2D eigenvalue weighted by Crippen LogP contribution is 2.11. The Morgan fingerprint density at radius 3 is 1.86 bits per heavy atom. The highest BCUT2D eigenvalue weighted by molar-refractivity contribution is 5.89. The fraction of sp³-hybridized carbons (Fsp3) is 0.774. The quantitative estimate of drug-likeness (QED) is 0.0545. The second-order valence-corrected chi connectivity index (χ2v) is 9.87. The van der Waals surface area contributed by atoms with Gasteiger partial charge in [-0.25, -0.2) is 0 Å². The van der Waals surface area contributed by atoms with Crippen molar-refractivity contribution in [2.45, 2.75) is 142 Å². The number of ketones is 1. The number of hydrogen-bond acceptors (Lipinski definition) is 6. The first-order chi connectivity index (χ1) is 18.0. The normalized spacial score (nSPS) is 12.3. The molecule has 0 aromatic heterocycles. The molecular weight excluding hydrogens is 468 g/mol. The Morgan fingerprint density at radius 1 is 0.676 bits per heavy atom. The Bertz CT molecular complexity index is 625. The van der Waals surface area contributed by atoms with Gasteiger partial charge in [-0.05, 0) is 38.2 Å². The topological polar surface area (TPSA) is 89.9 Å². The predicted octanol–water partition coefficient (Wildman–Crippen LogP) is 7.57. The zero-order chi connectivity index (χ0) is 27.4. The fourth-order valence-corrected chi connectivity index (χ4v) is 3.89. The number of aliphatic hydroxyl groups excluding tert-OH is 1. The fourth-order valence-electron chi connectivity index (χ4n) is 3.89. The molecule has 0 aromatic carbocycles. The maximum Gasteiger partial charge on any atom is 0.306 e. The number of esters is 2. The van der Waals surface area contributed by atoms with Gasteiger partial charge in [0.25, 0.3) is 0 Å².